The van der Waals surface area contributed by atoms with Crippen LogP contribution in [-0.2, 0) is 13.6 Å². The second kappa shape index (κ2) is 5.82. The summed E-state index contributed by atoms with van der Waals surface area (Å²) in [6.45, 7) is 6.96. The number of hydrogen-bond acceptors (Lipinski definition) is 2. The third-order valence-electron chi connectivity index (χ3n) is 5.04. The Balaban J connectivity index is 1.62. The number of para-hydroxylation sites is 1. The van der Waals surface area contributed by atoms with Gasteiger partial charge in [-0.05, 0) is 50.0 Å². The van der Waals surface area contributed by atoms with E-state index in [-0.39, 0.29) is 0 Å². The molecule has 0 unspecified atom stereocenters. The number of benzene rings is 1. The van der Waals surface area contributed by atoms with Gasteiger partial charge in [-0.1, -0.05) is 25.1 Å². The summed E-state index contributed by atoms with van der Waals surface area (Å²) in [6.07, 6.45) is 4.85. The molecule has 3 heteroatoms. The van der Waals surface area contributed by atoms with Gasteiger partial charge in [-0.2, -0.15) is 0 Å². The summed E-state index contributed by atoms with van der Waals surface area (Å²) in [6, 6.07) is 8.66. The van der Waals surface area contributed by atoms with Crippen molar-refractivity contribution < 1.29 is 0 Å². The molecule has 0 radical (unpaired) electrons. The van der Waals surface area contributed by atoms with Crippen LogP contribution in [0, 0.1) is 5.41 Å². The predicted molar refractivity (Wildman–Crippen MR) is 89.5 cm³/mol. The maximum atomic E-state index is 3.70. The van der Waals surface area contributed by atoms with Crippen molar-refractivity contribution in [1.29, 1.82) is 0 Å². The Morgan fingerprint density at radius 3 is 2.62 bits per heavy atom. The summed E-state index contributed by atoms with van der Waals surface area (Å²) >= 11 is 0. The molecule has 21 heavy (non-hydrogen) atoms. The van der Waals surface area contributed by atoms with E-state index in [1.807, 2.05) is 0 Å². The zero-order valence-electron chi connectivity index (χ0n) is 13.5. The summed E-state index contributed by atoms with van der Waals surface area (Å²) in [5.74, 6) is 0. The lowest BCUT2D eigenvalue weighted by atomic mass is 9.80. The van der Waals surface area contributed by atoms with Crippen LogP contribution in [0.15, 0.2) is 30.5 Å². The number of rotatable bonds is 4. The lowest BCUT2D eigenvalue weighted by Gasteiger charge is -2.38. The summed E-state index contributed by atoms with van der Waals surface area (Å²) in [5.41, 5.74) is 3.18. The van der Waals surface area contributed by atoms with Gasteiger partial charge in [0.15, 0.2) is 0 Å². The number of aromatic nitrogens is 1. The zero-order valence-corrected chi connectivity index (χ0v) is 13.5. The van der Waals surface area contributed by atoms with Gasteiger partial charge < -0.3 is 14.8 Å². The lowest BCUT2D eigenvalue weighted by molar-refractivity contribution is 0.137. The van der Waals surface area contributed by atoms with Crippen molar-refractivity contribution in [3.05, 3.63) is 36.0 Å². The van der Waals surface area contributed by atoms with Gasteiger partial charge in [-0.3, -0.25) is 0 Å². The van der Waals surface area contributed by atoms with Crippen LogP contribution in [-0.4, -0.2) is 36.1 Å². The van der Waals surface area contributed by atoms with Crippen LogP contribution in [0.4, 0.5) is 0 Å². The molecular formula is C18H27N3. The third-order valence-corrected chi connectivity index (χ3v) is 5.04. The van der Waals surface area contributed by atoms with Gasteiger partial charge in [0.2, 0.25) is 0 Å². The molecule has 0 saturated carbocycles. The summed E-state index contributed by atoms with van der Waals surface area (Å²) in [5, 5.41) is 5.08. The largest absolute Gasteiger partial charge is 0.350 e. The fourth-order valence-corrected chi connectivity index (χ4v) is 3.40. The number of aryl methyl sites for hydroxylation is 1. The first-order valence-electron chi connectivity index (χ1n) is 8.00. The number of fused-ring (bicyclic) bond motifs is 1. The minimum Gasteiger partial charge on any atom is -0.350 e. The maximum Gasteiger partial charge on any atom is 0.0481 e. The van der Waals surface area contributed by atoms with Gasteiger partial charge in [-0.25, -0.2) is 0 Å². The van der Waals surface area contributed by atoms with E-state index in [1.54, 1.807) is 0 Å². The molecular weight excluding hydrogens is 258 g/mol. The molecule has 1 aliphatic rings. The van der Waals surface area contributed by atoms with E-state index < -0.39 is 0 Å². The first-order valence-corrected chi connectivity index (χ1v) is 8.00. The van der Waals surface area contributed by atoms with Gasteiger partial charge in [-0.15, -0.1) is 0 Å². The Morgan fingerprint density at radius 1 is 1.14 bits per heavy atom. The first kappa shape index (κ1) is 14.6. The quantitative estimate of drug-likeness (QED) is 0.932. The number of hydrogen-bond donors (Lipinski definition) is 1. The van der Waals surface area contributed by atoms with Crippen molar-refractivity contribution >= 4 is 10.9 Å². The van der Waals surface area contributed by atoms with E-state index in [2.05, 4.69) is 66.3 Å². The molecule has 2 aromatic rings. The van der Waals surface area contributed by atoms with Crippen LogP contribution in [0.3, 0.4) is 0 Å². The van der Waals surface area contributed by atoms with E-state index in [1.165, 1.54) is 42.4 Å². The van der Waals surface area contributed by atoms with Crippen molar-refractivity contribution in [2.75, 3.05) is 26.7 Å². The highest BCUT2D eigenvalue weighted by Gasteiger charge is 2.28. The van der Waals surface area contributed by atoms with E-state index in [0.717, 1.165) is 13.1 Å². The summed E-state index contributed by atoms with van der Waals surface area (Å²) < 4.78 is 2.23. The van der Waals surface area contributed by atoms with Crippen LogP contribution in [0.25, 0.3) is 10.9 Å². The first-order chi connectivity index (χ1) is 10.1. The molecule has 2 heterocycles. The minimum atomic E-state index is 0.455. The van der Waals surface area contributed by atoms with Crippen LogP contribution in [0.1, 0.15) is 25.3 Å². The van der Waals surface area contributed by atoms with Crippen LogP contribution >= 0.6 is 0 Å². The molecule has 1 aliphatic heterocycles. The molecule has 1 fully saturated rings. The fourth-order valence-electron chi connectivity index (χ4n) is 3.40. The molecule has 3 nitrogen and oxygen atoms in total. The van der Waals surface area contributed by atoms with Crippen LogP contribution < -0.4 is 5.32 Å². The number of likely N-dealkylation sites (tertiary alicyclic amines) is 1. The normalized spacial score (nSPS) is 19.2. The van der Waals surface area contributed by atoms with Gasteiger partial charge in [0, 0.05) is 37.2 Å². The third kappa shape index (κ3) is 3.14. The van der Waals surface area contributed by atoms with Crippen LogP contribution in [0.5, 0.6) is 0 Å². The van der Waals surface area contributed by atoms with Crippen molar-refractivity contribution in [1.82, 2.24) is 14.8 Å². The summed E-state index contributed by atoms with van der Waals surface area (Å²) in [4.78, 5) is 2.44. The predicted octanol–water partition coefficient (Wildman–Crippen LogP) is 3.00. The van der Waals surface area contributed by atoms with E-state index in [4.69, 9.17) is 0 Å². The Hall–Kier alpha value is -1.32. The Bertz CT molecular complexity index is 606. The van der Waals surface area contributed by atoms with Crippen LogP contribution in [0.2, 0.25) is 0 Å². The molecule has 1 N–H and O–H groups in total. The number of nitrogens with one attached hydrogen (secondary N) is 1. The highest BCUT2D eigenvalue weighted by molar-refractivity contribution is 5.83. The molecule has 0 aliphatic carbocycles. The van der Waals surface area contributed by atoms with E-state index in [0.29, 0.717) is 5.41 Å². The molecule has 0 spiro atoms. The maximum absolute atomic E-state index is 3.70. The molecule has 1 aromatic carbocycles. The highest BCUT2D eigenvalue weighted by Crippen LogP contribution is 2.29. The Labute approximate surface area is 127 Å². The Morgan fingerprint density at radius 2 is 1.86 bits per heavy atom. The second-order valence-electron chi connectivity index (χ2n) is 7.00. The van der Waals surface area contributed by atoms with Gasteiger partial charge in [0.05, 0.1) is 0 Å². The molecule has 1 saturated heterocycles. The second-order valence-corrected chi connectivity index (χ2v) is 7.00. The lowest BCUT2D eigenvalue weighted by Crippen LogP contribution is -2.41. The topological polar surface area (TPSA) is 20.2 Å². The van der Waals surface area contributed by atoms with E-state index >= 15 is 0 Å². The van der Waals surface area contributed by atoms with Crippen molar-refractivity contribution in [3.8, 4) is 0 Å². The van der Waals surface area contributed by atoms with E-state index in [9.17, 15) is 0 Å². The van der Waals surface area contributed by atoms with Gasteiger partial charge in [0.1, 0.15) is 0 Å². The fraction of sp³-hybridized carbons (Fsp3) is 0.556. The zero-order chi connectivity index (χ0) is 14.9. The molecule has 0 amide bonds. The Kier molecular flexibility index (Phi) is 4.05. The van der Waals surface area contributed by atoms with Gasteiger partial charge in [0.25, 0.3) is 0 Å². The molecule has 1 aromatic heterocycles. The van der Waals surface area contributed by atoms with Crippen molar-refractivity contribution in [2.24, 2.45) is 12.5 Å². The van der Waals surface area contributed by atoms with Crippen molar-refractivity contribution in [3.63, 3.8) is 0 Å². The highest BCUT2D eigenvalue weighted by atomic mass is 15.1. The molecule has 0 bridgehead atoms. The number of nitrogens with zero attached hydrogens (tertiary/aromatic N) is 2. The molecule has 0 atom stereocenters. The smallest absolute Gasteiger partial charge is 0.0481 e. The monoisotopic (exact) mass is 285 g/mol. The molecule has 3 rings (SSSR count). The van der Waals surface area contributed by atoms with Gasteiger partial charge >= 0.3 is 0 Å². The molecule has 114 valence electrons. The summed E-state index contributed by atoms with van der Waals surface area (Å²) in [7, 11) is 4.35. The number of piperidine rings is 1. The minimum absolute atomic E-state index is 0.455. The van der Waals surface area contributed by atoms with Crippen molar-refractivity contribution in [2.45, 2.75) is 26.3 Å². The standard InChI is InChI=1S/C18H27N3/c1-18(8-10-20(2)11-9-18)14-19-12-15-13-21(3)17-7-5-4-6-16(15)17/h4-7,13,19H,8-12,14H2,1-3H3. The average molecular weight is 285 g/mol. The average Bonchev–Trinajstić information content (AvgIpc) is 2.80. The SMILES string of the molecule is CN1CCC(C)(CNCc2cn(C)c3ccccc23)CC1.